The number of benzene rings is 4. The van der Waals surface area contributed by atoms with Crippen LogP contribution in [0.5, 0.6) is 0 Å². The van der Waals surface area contributed by atoms with Gasteiger partial charge < -0.3 is 0 Å². The van der Waals surface area contributed by atoms with Crippen molar-refractivity contribution in [3.05, 3.63) is 121 Å². The van der Waals surface area contributed by atoms with E-state index < -0.39 is 20.2 Å². The molecule has 4 heteroatoms. The Hall–Kier alpha value is -1.68. The number of hydrogen-bond donors (Lipinski definition) is 0. The molecule has 0 spiro atoms. The van der Waals surface area contributed by atoms with Crippen molar-refractivity contribution in [3.63, 3.8) is 0 Å². The molecule has 0 nitrogen and oxygen atoms in total. The highest BCUT2D eigenvalue weighted by Gasteiger charge is 2.46. The van der Waals surface area contributed by atoms with E-state index in [0.717, 1.165) is 0 Å². The van der Waals surface area contributed by atoms with Crippen LogP contribution in [0.1, 0.15) is 0 Å². The van der Waals surface area contributed by atoms with Gasteiger partial charge in [-0.15, -0.1) is 23.2 Å². The molecule has 4 aromatic carbocycles. The quantitative estimate of drug-likeness (QED) is 0.219. The van der Waals surface area contributed by atoms with Crippen molar-refractivity contribution in [1.29, 1.82) is 0 Å². The summed E-state index contributed by atoms with van der Waals surface area (Å²) in [5.41, 5.74) is 0. The summed E-state index contributed by atoms with van der Waals surface area (Å²) in [7, 11) is -1.84. The highest BCUT2D eigenvalue weighted by atomic mass is 35.5. The predicted molar refractivity (Wildman–Crippen MR) is 137 cm³/mol. The summed E-state index contributed by atoms with van der Waals surface area (Å²) in [6.07, 6.45) is 0. The lowest BCUT2D eigenvalue weighted by atomic mass is 10.4. The Morgan fingerprint density at radius 2 is 0.700 bits per heavy atom. The topological polar surface area (TPSA) is 0 Å². The second-order valence-corrected chi connectivity index (χ2v) is 13.6. The van der Waals surface area contributed by atoms with E-state index in [1.54, 1.807) is 0 Å². The van der Waals surface area contributed by atoms with Crippen molar-refractivity contribution < 1.29 is 0 Å². The molecule has 0 aliphatic heterocycles. The molecule has 150 valence electrons. The minimum absolute atomic E-state index is 0.361. The molecule has 4 aromatic rings. The smallest absolute Gasteiger partial charge is 0.113 e. The molecule has 0 N–H and O–H groups in total. The van der Waals surface area contributed by atoms with Crippen molar-refractivity contribution in [2.45, 2.75) is 4.36 Å². The van der Waals surface area contributed by atoms with E-state index in [2.05, 4.69) is 121 Å². The first-order valence-corrected chi connectivity index (χ1v) is 13.4. The van der Waals surface area contributed by atoms with Crippen molar-refractivity contribution in [2.75, 3.05) is 5.88 Å². The molecule has 0 saturated heterocycles. The Morgan fingerprint density at radius 3 is 0.900 bits per heavy atom. The Labute approximate surface area is 191 Å². The van der Waals surface area contributed by atoms with Gasteiger partial charge in [0.15, 0.2) is 0 Å². The maximum absolute atomic E-state index is 7.72. The van der Waals surface area contributed by atoms with E-state index in [0.29, 0.717) is 5.88 Å². The van der Waals surface area contributed by atoms with Crippen LogP contribution in [0.4, 0.5) is 0 Å². The van der Waals surface area contributed by atoms with Gasteiger partial charge in [-0.3, -0.25) is 0 Å². The van der Waals surface area contributed by atoms with Gasteiger partial charge in [0.1, 0.15) is 4.36 Å². The summed E-state index contributed by atoms with van der Waals surface area (Å²) in [4.78, 5) is 0. The second kappa shape index (κ2) is 10.1. The van der Waals surface area contributed by atoms with E-state index in [-0.39, 0.29) is 0 Å². The molecule has 0 aliphatic carbocycles. The highest BCUT2D eigenvalue weighted by molar-refractivity contribution is 7.93. The predicted octanol–water partition coefficient (Wildman–Crippen LogP) is 6.38. The fraction of sp³-hybridized carbons (Fsp3) is 0.0769. The van der Waals surface area contributed by atoms with Gasteiger partial charge in [0.05, 0.1) is 5.88 Å². The van der Waals surface area contributed by atoms with Crippen LogP contribution < -0.4 is 21.2 Å². The molecule has 0 fully saturated rings. The number of halogens is 2. The molecule has 4 rings (SSSR count). The lowest BCUT2D eigenvalue weighted by Crippen LogP contribution is -2.36. The number of hydrogen-bond acceptors (Lipinski definition) is 0. The fourth-order valence-corrected chi connectivity index (χ4v) is 12.0. The average molecular weight is 467 g/mol. The minimum atomic E-state index is -0.921. The zero-order chi connectivity index (χ0) is 20.8. The summed E-state index contributed by atoms with van der Waals surface area (Å²) in [6, 6.07) is 42.4. The Kier molecular flexibility index (Phi) is 7.24. The highest BCUT2D eigenvalue weighted by Crippen LogP contribution is 2.67. The Bertz CT molecular complexity index is 879. The molecule has 0 atom stereocenters. The van der Waals surface area contributed by atoms with E-state index in [4.69, 9.17) is 23.2 Å². The second-order valence-electron chi connectivity index (χ2n) is 6.87. The molecule has 0 unspecified atom stereocenters. The molecule has 0 saturated carbocycles. The molecule has 0 bridgehead atoms. The molecule has 30 heavy (non-hydrogen) atoms. The minimum Gasteiger partial charge on any atom is -0.124 e. The maximum Gasteiger partial charge on any atom is 0.113 e. The van der Waals surface area contributed by atoms with Crippen LogP contribution in [0.15, 0.2) is 121 Å². The molecule has 0 radical (unpaired) electrons. The largest absolute Gasteiger partial charge is 0.124 e. The van der Waals surface area contributed by atoms with Crippen LogP contribution in [0, 0.1) is 0 Å². The van der Waals surface area contributed by atoms with Gasteiger partial charge in [0.25, 0.3) is 0 Å². The van der Waals surface area contributed by atoms with Crippen molar-refractivity contribution in [3.8, 4) is 0 Å². The zero-order valence-electron chi connectivity index (χ0n) is 16.4. The van der Waals surface area contributed by atoms with Crippen molar-refractivity contribution in [1.82, 2.24) is 0 Å². The van der Waals surface area contributed by atoms with Crippen LogP contribution in [0.3, 0.4) is 0 Å². The normalized spacial score (nSPS) is 11.7. The van der Waals surface area contributed by atoms with Crippen LogP contribution in [-0.4, -0.2) is 10.2 Å². The third kappa shape index (κ3) is 4.49. The van der Waals surface area contributed by atoms with Crippen LogP contribution in [0.2, 0.25) is 0 Å². The third-order valence-corrected chi connectivity index (χ3v) is 13.1. The van der Waals surface area contributed by atoms with E-state index >= 15 is 0 Å². The number of rotatable bonds is 7. The van der Waals surface area contributed by atoms with Gasteiger partial charge >= 0.3 is 0 Å². The molecule has 0 amide bonds. The van der Waals surface area contributed by atoms with Crippen molar-refractivity contribution in [2.24, 2.45) is 0 Å². The van der Waals surface area contributed by atoms with Crippen LogP contribution in [-0.2, 0) is 0 Å². The van der Waals surface area contributed by atoms with Gasteiger partial charge in [0, 0.05) is 0 Å². The summed E-state index contributed by atoms with van der Waals surface area (Å²) in [6.45, 7) is 0. The zero-order valence-corrected chi connectivity index (χ0v) is 19.7. The molecular weight excluding hydrogens is 445 g/mol. The lowest BCUT2D eigenvalue weighted by Gasteiger charge is -2.42. The van der Waals surface area contributed by atoms with Gasteiger partial charge in [-0.1, -0.05) is 121 Å². The summed E-state index contributed by atoms with van der Waals surface area (Å²) in [5.74, 6) is 0.361. The average Bonchev–Trinajstić information content (AvgIpc) is 2.82. The van der Waals surface area contributed by atoms with Gasteiger partial charge in [-0.2, -0.15) is 0 Å². The van der Waals surface area contributed by atoms with E-state index in [9.17, 15) is 0 Å². The lowest BCUT2D eigenvalue weighted by molar-refractivity contribution is 1.28. The molecule has 0 heterocycles. The van der Waals surface area contributed by atoms with Crippen molar-refractivity contribution >= 4 is 60.3 Å². The molecule has 0 aliphatic rings. The maximum atomic E-state index is 7.72. The van der Waals surface area contributed by atoms with Crippen LogP contribution in [0.25, 0.3) is 0 Å². The summed E-state index contributed by atoms with van der Waals surface area (Å²) in [5, 5.41) is 4.98. The molecule has 0 aromatic heterocycles. The molecular formula is C26H22Cl2P2. The number of alkyl halides is 2. The van der Waals surface area contributed by atoms with Gasteiger partial charge in [-0.05, 0) is 37.1 Å². The summed E-state index contributed by atoms with van der Waals surface area (Å²) >= 11 is 14.5. The van der Waals surface area contributed by atoms with Gasteiger partial charge in [0.2, 0.25) is 0 Å². The van der Waals surface area contributed by atoms with Crippen LogP contribution >= 0.6 is 39.0 Å². The Morgan fingerprint density at radius 1 is 0.467 bits per heavy atom. The fourth-order valence-electron chi connectivity index (χ4n) is 3.62. The third-order valence-electron chi connectivity index (χ3n) is 4.91. The summed E-state index contributed by atoms with van der Waals surface area (Å²) < 4.78 is -0.641. The Balaban J connectivity index is 1.95. The van der Waals surface area contributed by atoms with E-state index in [1.165, 1.54) is 21.2 Å². The van der Waals surface area contributed by atoms with E-state index in [1.807, 2.05) is 0 Å². The first-order valence-electron chi connectivity index (χ1n) is 9.79. The van der Waals surface area contributed by atoms with Gasteiger partial charge in [-0.25, -0.2) is 0 Å². The first kappa shape index (κ1) is 21.5. The SMILES string of the molecule is ClCC(Cl)(P(c1ccccc1)c1ccccc1)P(c1ccccc1)c1ccccc1. The first-order chi connectivity index (χ1) is 14.7. The standard InChI is InChI=1S/C26H22Cl2P2/c27-21-26(28,29(22-13-5-1-6-14-22)23-15-7-2-8-16-23)30(24-17-9-3-10-18-24)25-19-11-4-12-20-25/h1-20H,21H2. The monoisotopic (exact) mass is 466 g/mol.